The third-order valence-electron chi connectivity index (χ3n) is 2.24. The van der Waals surface area contributed by atoms with Gasteiger partial charge in [-0.2, -0.15) is 0 Å². The van der Waals surface area contributed by atoms with Crippen LogP contribution in [-0.4, -0.2) is 14.7 Å². The number of benzene rings is 2. The third kappa shape index (κ3) is 6.55. The van der Waals surface area contributed by atoms with Gasteiger partial charge < -0.3 is 0 Å². The number of hydrogen-bond donors (Lipinski definition) is 1. The zero-order chi connectivity index (χ0) is 14.3. The summed E-state index contributed by atoms with van der Waals surface area (Å²) in [5, 5.41) is 4.33. The van der Waals surface area contributed by atoms with Crippen LogP contribution in [0, 0.1) is 0 Å². The van der Waals surface area contributed by atoms with Crippen LogP contribution in [0.25, 0.3) is 5.57 Å². The normalized spacial score (nSPS) is 10.2. The summed E-state index contributed by atoms with van der Waals surface area (Å²) in [5.41, 5.74) is 3.43. The Morgan fingerprint density at radius 3 is 1.42 bits per heavy atom. The molecular weight excluding hydrogens is 258 g/mol. The van der Waals surface area contributed by atoms with Crippen LogP contribution in [0.15, 0.2) is 67.2 Å². The van der Waals surface area contributed by atoms with E-state index in [0.29, 0.717) is 0 Å². The Morgan fingerprint density at radius 2 is 1.16 bits per heavy atom. The van der Waals surface area contributed by atoms with Gasteiger partial charge in [-0.15, -0.1) is 0 Å². The minimum atomic E-state index is -3.17. The SMILES string of the molecule is C=C(c1ccccc1)c1ccccc1.CS(N)(=O)=O. The second-order valence-electron chi connectivity index (χ2n) is 4.04. The van der Waals surface area contributed by atoms with Crippen LogP contribution in [-0.2, 0) is 10.0 Å². The summed E-state index contributed by atoms with van der Waals surface area (Å²) >= 11 is 0. The van der Waals surface area contributed by atoms with Gasteiger partial charge >= 0.3 is 0 Å². The quantitative estimate of drug-likeness (QED) is 0.916. The number of hydrogen-bond acceptors (Lipinski definition) is 2. The molecule has 0 radical (unpaired) electrons. The van der Waals surface area contributed by atoms with Gasteiger partial charge in [0.1, 0.15) is 0 Å². The van der Waals surface area contributed by atoms with Gasteiger partial charge in [-0.25, -0.2) is 13.6 Å². The lowest BCUT2D eigenvalue weighted by molar-refractivity contribution is 0.603. The standard InChI is InChI=1S/C14H12.CH5NO2S/c1-12(13-8-4-2-5-9-13)14-10-6-3-7-11-14;1-5(2,3)4/h2-11H,1H2;1H3,(H2,2,3,4). The fraction of sp³-hybridized carbons (Fsp3) is 0.0667. The molecule has 19 heavy (non-hydrogen) atoms. The van der Waals surface area contributed by atoms with Gasteiger partial charge in [0, 0.05) is 0 Å². The maximum atomic E-state index is 9.41. The van der Waals surface area contributed by atoms with Crippen molar-refractivity contribution >= 4 is 15.6 Å². The first-order chi connectivity index (χ1) is 8.88. The molecule has 0 atom stereocenters. The Morgan fingerprint density at radius 1 is 0.895 bits per heavy atom. The summed E-state index contributed by atoms with van der Waals surface area (Å²) in [5.74, 6) is 0. The molecule has 0 spiro atoms. The molecule has 0 aliphatic rings. The van der Waals surface area contributed by atoms with Crippen molar-refractivity contribution in [1.82, 2.24) is 0 Å². The van der Waals surface area contributed by atoms with Gasteiger partial charge in [0.15, 0.2) is 0 Å². The van der Waals surface area contributed by atoms with Crippen molar-refractivity contribution in [3.63, 3.8) is 0 Å². The Hall–Kier alpha value is -1.91. The molecule has 0 aromatic heterocycles. The molecule has 4 heteroatoms. The van der Waals surface area contributed by atoms with Crippen molar-refractivity contribution in [2.45, 2.75) is 0 Å². The third-order valence-corrected chi connectivity index (χ3v) is 2.24. The van der Waals surface area contributed by atoms with Crippen molar-refractivity contribution in [1.29, 1.82) is 0 Å². The first kappa shape index (κ1) is 15.1. The van der Waals surface area contributed by atoms with Gasteiger partial charge in [-0.1, -0.05) is 67.2 Å². The highest BCUT2D eigenvalue weighted by molar-refractivity contribution is 7.88. The lowest BCUT2D eigenvalue weighted by Crippen LogP contribution is -2.07. The van der Waals surface area contributed by atoms with E-state index in [1.165, 1.54) is 11.1 Å². The van der Waals surface area contributed by atoms with E-state index in [1.807, 2.05) is 36.4 Å². The summed E-state index contributed by atoms with van der Waals surface area (Å²) < 4.78 is 18.8. The predicted molar refractivity (Wildman–Crippen MR) is 80.1 cm³/mol. The van der Waals surface area contributed by atoms with Crippen LogP contribution >= 0.6 is 0 Å². The van der Waals surface area contributed by atoms with Gasteiger partial charge in [-0.05, 0) is 16.7 Å². The van der Waals surface area contributed by atoms with Crippen LogP contribution in [0.3, 0.4) is 0 Å². The Bertz CT molecular complexity index is 570. The molecule has 0 saturated carbocycles. The van der Waals surface area contributed by atoms with Crippen molar-refractivity contribution in [3.8, 4) is 0 Å². The summed E-state index contributed by atoms with van der Waals surface area (Å²) in [4.78, 5) is 0. The lowest BCUT2D eigenvalue weighted by atomic mass is 10.0. The van der Waals surface area contributed by atoms with Gasteiger partial charge in [0.05, 0.1) is 6.26 Å². The van der Waals surface area contributed by atoms with E-state index >= 15 is 0 Å². The Labute approximate surface area is 114 Å². The van der Waals surface area contributed by atoms with Gasteiger partial charge in [0.25, 0.3) is 0 Å². The minimum Gasteiger partial charge on any atom is -0.229 e. The fourth-order valence-electron chi connectivity index (χ4n) is 1.45. The highest BCUT2D eigenvalue weighted by atomic mass is 32.2. The molecule has 0 unspecified atom stereocenters. The first-order valence-corrected chi connectivity index (χ1v) is 7.61. The average Bonchev–Trinajstić information content (AvgIpc) is 2.38. The van der Waals surface area contributed by atoms with E-state index in [0.717, 1.165) is 11.8 Å². The van der Waals surface area contributed by atoms with E-state index in [1.54, 1.807) is 0 Å². The molecule has 0 fully saturated rings. The molecule has 0 aliphatic carbocycles. The highest BCUT2D eigenvalue weighted by Gasteiger charge is 1.99. The van der Waals surface area contributed by atoms with Crippen LogP contribution in [0.5, 0.6) is 0 Å². The van der Waals surface area contributed by atoms with E-state index < -0.39 is 10.0 Å². The maximum absolute atomic E-state index is 9.41. The highest BCUT2D eigenvalue weighted by Crippen LogP contribution is 2.20. The summed E-state index contributed by atoms with van der Waals surface area (Å²) in [6.45, 7) is 4.10. The maximum Gasteiger partial charge on any atom is 0.206 e. The summed E-state index contributed by atoms with van der Waals surface area (Å²) in [6.07, 6.45) is 0.938. The number of nitrogens with two attached hydrogens (primary N) is 1. The average molecular weight is 275 g/mol. The molecular formula is C15H17NO2S. The van der Waals surface area contributed by atoms with Crippen molar-refractivity contribution in [3.05, 3.63) is 78.4 Å². The molecule has 0 bridgehead atoms. The molecule has 0 heterocycles. The molecule has 0 saturated heterocycles. The summed E-state index contributed by atoms with van der Waals surface area (Å²) in [6, 6.07) is 20.5. The molecule has 3 nitrogen and oxygen atoms in total. The first-order valence-electron chi connectivity index (χ1n) is 5.65. The van der Waals surface area contributed by atoms with E-state index in [9.17, 15) is 8.42 Å². The molecule has 0 amide bonds. The molecule has 0 aliphatic heterocycles. The topological polar surface area (TPSA) is 60.2 Å². The van der Waals surface area contributed by atoms with E-state index in [4.69, 9.17) is 0 Å². The number of sulfonamides is 1. The smallest absolute Gasteiger partial charge is 0.206 e. The second-order valence-corrected chi connectivity index (χ2v) is 5.70. The predicted octanol–water partition coefficient (Wildman–Crippen LogP) is 2.65. The molecule has 2 aromatic carbocycles. The van der Waals surface area contributed by atoms with E-state index in [-0.39, 0.29) is 0 Å². The Kier molecular flexibility index (Phi) is 5.48. The molecule has 100 valence electrons. The molecule has 2 rings (SSSR count). The number of primary sulfonamides is 1. The second kappa shape index (κ2) is 6.87. The zero-order valence-corrected chi connectivity index (χ0v) is 11.6. The van der Waals surface area contributed by atoms with E-state index in [2.05, 4.69) is 36.0 Å². The van der Waals surface area contributed by atoms with Crippen LogP contribution in [0.4, 0.5) is 0 Å². The van der Waals surface area contributed by atoms with Crippen LogP contribution < -0.4 is 5.14 Å². The number of rotatable bonds is 2. The van der Waals surface area contributed by atoms with Gasteiger partial charge in [-0.3, -0.25) is 0 Å². The molecule has 2 N–H and O–H groups in total. The van der Waals surface area contributed by atoms with Crippen molar-refractivity contribution in [2.75, 3.05) is 6.26 Å². The largest absolute Gasteiger partial charge is 0.229 e. The van der Waals surface area contributed by atoms with Crippen LogP contribution in [0.2, 0.25) is 0 Å². The molecule has 2 aromatic rings. The zero-order valence-electron chi connectivity index (χ0n) is 10.8. The van der Waals surface area contributed by atoms with Crippen molar-refractivity contribution < 1.29 is 8.42 Å². The Balaban J connectivity index is 0.000000312. The summed E-state index contributed by atoms with van der Waals surface area (Å²) in [7, 11) is -3.17. The van der Waals surface area contributed by atoms with Crippen molar-refractivity contribution in [2.24, 2.45) is 5.14 Å². The fourth-order valence-corrected chi connectivity index (χ4v) is 1.45. The minimum absolute atomic E-state index is 0.938. The lowest BCUT2D eigenvalue weighted by Gasteiger charge is -2.04. The monoisotopic (exact) mass is 275 g/mol. The van der Waals surface area contributed by atoms with Crippen LogP contribution in [0.1, 0.15) is 11.1 Å². The van der Waals surface area contributed by atoms with Gasteiger partial charge in [0.2, 0.25) is 10.0 Å².